The van der Waals surface area contributed by atoms with Gasteiger partial charge >= 0.3 is 5.97 Å². The maximum atomic E-state index is 11.9. The molecule has 0 spiro atoms. The minimum atomic E-state index is -3.45. The largest absolute Gasteiger partial charge is 0.481 e. The van der Waals surface area contributed by atoms with E-state index in [2.05, 4.69) is 22.6 Å². The van der Waals surface area contributed by atoms with Gasteiger partial charge in [0, 0.05) is 10.1 Å². The molecule has 1 rings (SSSR count). The lowest BCUT2D eigenvalue weighted by Crippen LogP contribution is -2.34. The predicted molar refractivity (Wildman–Crippen MR) is 78.2 cm³/mol. The summed E-state index contributed by atoms with van der Waals surface area (Å²) in [4.78, 5) is 10.6. The molecule has 0 heterocycles. The third-order valence-corrected chi connectivity index (χ3v) is 4.86. The van der Waals surface area contributed by atoms with Gasteiger partial charge in [0.15, 0.2) is 0 Å². The Kier molecular flexibility index (Phi) is 5.39. The number of carboxylic acids is 1. The van der Waals surface area contributed by atoms with Crippen LogP contribution in [0.15, 0.2) is 24.3 Å². The molecule has 0 saturated heterocycles. The SMILES string of the molecule is CCS(=O)(=O)N(CCC(=O)O)c1ccc(I)cc1. The highest BCUT2D eigenvalue weighted by Crippen LogP contribution is 2.20. The Balaban J connectivity index is 3.04. The average molecular weight is 383 g/mol. The Morgan fingerprint density at radius 3 is 2.33 bits per heavy atom. The third kappa shape index (κ3) is 4.13. The molecule has 100 valence electrons. The molecule has 0 fully saturated rings. The van der Waals surface area contributed by atoms with Crippen molar-refractivity contribution in [2.45, 2.75) is 13.3 Å². The Hall–Kier alpha value is -0.830. The van der Waals surface area contributed by atoms with Gasteiger partial charge in [0.1, 0.15) is 0 Å². The number of carboxylic acid groups (broad SMARTS) is 1. The van der Waals surface area contributed by atoms with E-state index in [1.807, 2.05) is 0 Å². The highest BCUT2D eigenvalue weighted by molar-refractivity contribution is 14.1. The van der Waals surface area contributed by atoms with E-state index < -0.39 is 16.0 Å². The molecule has 0 aliphatic rings. The fourth-order valence-corrected chi connectivity index (χ4v) is 2.87. The van der Waals surface area contributed by atoms with Gasteiger partial charge in [-0.1, -0.05) is 0 Å². The Morgan fingerprint density at radius 1 is 1.33 bits per heavy atom. The molecule has 5 nitrogen and oxygen atoms in total. The van der Waals surface area contributed by atoms with Crippen LogP contribution in [0.2, 0.25) is 0 Å². The van der Waals surface area contributed by atoms with Crippen molar-refractivity contribution in [3.63, 3.8) is 0 Å². The minimum absolute atomic E-state index is 0.0495. The first-order valence-corrected chi connectivity index (χ1v) is 8.03. The molecule has 1 aromatic rings. The zero-order chi connectivity index (χ0) is 13.8. The van der Waals surface area contributed by atoms with Crippen molar-refractivity contribution >= 4 is 44.3 Å². The molecule has 0 radical (unpaired) electrons. The van der Waals surface area contributed by atoms with Crippen LogP contribution >= 0.6 is 22.6 Å². The van der Waals surface area contributed by atoms with Gasteiger partial charge < -0.3 is 5.11 Å². The lowest BCUT2D eigenvalue weighted by Gasteiger charge is -2.23. The zero-order valence-electron chi connectivity index (χ0n) is 9.84. The van der Waals surface area contributed by atoms with Crippen LogP contribution in [-0.2, 0) is 14.8 Å². The van der Waals surface area contributed by atoms with Crippen molar-refractivity contribution in [3.05, 3.63) is 27.8 Å². The molecule has 0 unspecified atom stereocenters. The lowest BCUT2D eigenvalue weighted by molar-refractivity contribution is -0.136. The summed E-state index contributed by atoms with van der Waals surface area (Å²) in [6.45, 7) is 1.49. The highest BCUT2D eigenvalue weighted by atomic mass is 127. The Bertz CT molecular complexity index is 512. The molecule has 7 heteroatoms. The van der Waals surface area contributed by atoms with E-state index in [1.165, 1.54) is 6.92 Å². The summed E-state index contributed by atoms with van der Waals surface area (Å²) in [7, 11) is -3.45. The molecular formula is C11H14INO4S. The molecule has 0 amide bonds. The summed E-state index contributed by atoms with van der Waals surface area (Å²) < 4.78 is 26.0. The molecular weight excluding hydrogens is 369 g/mol. The molecule has 1 aromatic carbocycles. The fraction of sp³-hybridized carbons (Fsp3) is 0.364. The van der Waals surface area contributed by atoms with Crippen LogP contribution in [0.5, 0.6) is 0 Å². The number of benzene rings is 1. The van der Waals surface area contributed by atoms with Gasteiger partial charge in [0.2, 0.25) is 10.0 Å². The maximum absolute atomic E-state index is 11.9. The van der Waals surface area contributed by atoms with Crippen LogP contribution in [0, 0.1) is 3.57 Å². The van der Waals surface area contributed by atoms with Crippen molar-refractivity contribution < 1.29 is 18.3 Å². The number of rotatable bonds is 6. The van der Waals surface area contributed by atoms with Gasteiger partial charge in [-0.15, -0.1) is 0 Å². The number of hydrogen-bond donors (Lipinski definition) is 1. The van der Waals surface area contributed by atoms with E-state index in [9.17, 15) is 13.2 Å². The van der Waals surface area contributed by atoms with Gasteiger partial charge in [-0.2, -0.15) is 0 Å². The number of carbonyl (C=O) groups is 1. The van der Waals surface area contributed by atoms with Crippen LogP contribution in [-0.4, -0.2) is 31.8 Å². The third-order valence-electron chi connectivity index (χ3n) is 2.34. The number of halogens is 1. The van der Waals surface area contributed by atoms with Crippen molar-refractivity contribution in [1.82, 2.24) is 0 Å². The zero-order valence-corrected chi connectivity index (χ0v) is 12.8. The number of aliphatic carboxylic acids is 1. The fourth-order valence-electron chi connectivity index (χ4n) is 1.39. The number of hydrogen-bond acceptors (Lipinski definition) is 3. The number of anilines is 1. The molecule has 0 saturated carbocycles. The van der Waals surface area contributed by atoms with Crippen LogP contribution in [0.3, 0.4) is 0 Å². The second-order valence-corrected chi connectivity index (χ2v) is 7.02. The van der Waals surface area contributed by atoms with E-state index in [0.29, 0.717) is 5.69 Å². The first kappa shape index (κ1) is 15.2. The molecule has 0 atom stereocenters. The number of sulfonamides is 1. The summed E-state index contributed by atoms with van der Waals surface area (Å²) in [5.74, 6) is -1.07. The first-order valence-electron chi connectivity index (χ1n) is 5.34. The summed E-state index contributed by atoms with van der Waals surface area (Å²) >= 11 is 2.12. The van der Waals surface area contributed by atoms with Crippen molar-refractivity contribution in [2.75, 3.05) is 16.6 Å². The quantitative estimate of drug-likeness (QED) is 0.762. The minimum Gasteiger partial charge on any atom is -0.481 e. The summed E-state index contributed by atoms with van der Waals surface area (Å²) in [5.41, 5.74) is 0.499. The van der Waals surface area contributed by atoms with Crippen LogP contribution < -0.4 is 4.31 Å². The van der Waals surface area contributed by atoms with Crippen molar-refractivity contribution in [3.8, 4) is 0 Å². The van der Waals surface area contributed by atoms with Crippen molar-refractivity contribution in [1.29, 1.82) is 0 Å². The molecule has 0 aromatic heterocycles. The Labute approximate surface area is 120 Å². The normalized spacial score (nSPS) is 11.2. The Morgan fingerprint density at radius 2 is 1.89 bits per heavy atom. The molecule has 0 bridgehead atoms. The van der Waals surface area contributed by atoms with Gasteiger partial charge in [-0.25, -0.2) is 8.42 Å². The van der Waals surface area contributed by atoms with E-state index in [0.717, 1.165) is 7.88 Å². The standard InChI is InChI=1S/C11H14INO4S/c1-2-18(16,17)13(8-7-11(14)15)10-5-3-9(12)4-6-10/h3-6H,2,7-8H2,1H3,(H,14,15). The monoisotopic (exact) mass is 383 g/mol. The van der Waals surface area contributed by atoms with Crippen LogP contribution in [0.1, 0.15) is 13.3 Å². The van der Waals surface area contributed by atoms with Crippen molar-refractivity contribution in [2.24, 2.45) is 0 Å². The number of nitrogens with zero attached hydrogens (tertiary/aromatic N) is 1. The van der Waals surface area contributed by atoms with Gasteiger partial charge in [-0.05, 0) is 53.8 Å². The smallest absolute Gasteiger partial charge is 0.305 e. The van der Waals surface area contributed by atoms with E-state index in [4.69, 9.17) is 5.11 Å². The van der Waals surface area contributed by atoms with Gasteiger partial charge in [0.05, 0.1) is 17.9 Å². The van der Waals surface area contributed by atoms with Crippen LogP contribution in [0.4, 0.5) is 5.69 Å². The second-order valence-electron chi connectivity index (χ2n) is 3.59. The summed E-state index contributed by atoms with van der Waals surface area (Å²) in [5, 5.41) is 8.67. The molecule has 0 aliphatic heterocycles. The predicted octanol–water partition coefficient (Wildman–Crippen LogP) is 1.92. The van der Waals surface area contributed by atoms with E-state index in [-0.39, 0.29) is 18.7 Å². The van der Waals surface area contributed by atoms with Crippen LogP contribution in [0.25, 0.3) is 0 Å². The summed E-state index contributed by atoms with van der Waals surface area (Å²) in [6, 6.07) is 6.93. The van der Waals surface area contributed by atoms with E-state index >= 15 is 0 Å². The van der Waals surface area contributed by atoms with Gasteiger partial charge in [-0.3, -0.25) is 9.10 Å². The topological polar surface area (TPSA) is 74.7 Å². The second kappa shape index (κ2) is 6.37. The highest BCUT2D eigenvalue weighted by Gasteiger charge is 2.21. The molecule has 18 heavy (non-hydrogen) atoms. The van der Waals surface area contributed by atoms with E-state index in [1.54, 1.807) is 24.3 Å². The molecule has 0 aliphatic carbocycles. The maximum Gasteiger partial charge on any atom is 0.305 e. The summed E-state index contributed by atoms with van der Waals surface area (Å²) in [6.07, 6.45) is -0.217. The van der Waals surface area contributed by atoms with Gasteiger partial charge in [0.25, 0.3) is 0 Å². The average Bonchev–Trinajstić information content (AvgIpc) is 2.31. The molecule has 1 N–H and O–H groups in total. The lowest BCUT2D eigenvalue weighted by atomic mass is 10.3. The first-order chi connectivity index (χ1) is 8.36.